The lowest BCUT2D eigenvalue weighted by molar-refractivity contribution is -0.135. The van der Waals surface area contributed by atoms with Crippen molar-refractivity contribution in [3.05, 3.63) is 42.1 Å². The van der Waals surface area contributed by atoms with Crippen LogP contribution >= 0.6 is 0 Å². The molecule has 1 saturated heterocycles. The molecule has 0 saturated carbocycles. The Hall–Kier alpha value is -1.98. The molecule has 23 heavy (non-hydrogen) atoms. The summed E-state index contributed by atoms with van der Waals surface area (Å²) >= 11 is 0. The van der Waals surface area contributed by atoms with Crippen LogP contribution in [-0.2, 0) is 11.2 Å². The van der Waals surface area contributed by atoms with Crippen molar-refractivity contribution in [2.24, 2.45) is 11.7 Å². The van der Waals surface area contributed by atoms with Crippen molar-refractivity contribution in [1.82, 2.24) is 9.88 Å². The molecule has 0 spiro atoms. The van der Waals surface area contributed by atoms with Crippen LogP contribution in [0, 0.1) is 5.92 Å². The minimum absolute atomic E-state index is 0.0205. The van der Waals surface area contributed by atoms with Gasteiger partial charge in [-0.15, -0.1) is 0 Å². The molecule has 1 aliphatic rings. The van der Waals surface area contributed by atoms with E-state index >= 15 is 0 Å². The van der Waals surface area contributed by atoms with Crippen LogP contribution in [-0.4, -0.2) is 45.6 Å². The first kappa shape index (κ1) is 15.9. The van der Waals surface area contributed by atoms with E-state index in [0.717, 1.165) is 22.9 Å². The maximum Gasteiger partial charge on any atom is 0.242 e. The lowest BCUT2D eigenvalue weighted by Gasteiger charge is -2.25. The predicted molar refractivity (Wildman–Crippen MR) is 89.8 cm³/mol. The van der Waals surface area contributed by atoms with Crippen LogP contribution in [0.1, 0.15) is 19.4 Å². The topological polar surface area (TPSA) is 79.5 Å². The van der Waals surface area contributed by atoms with Gasteiger partial charge in [0, 0.05) is 30.6 Å². The molecule has 5 nitrogen and oxygen atoms in total. The Morgan fingerprint density at radius 2 is 2.09 bits per heavy atom. The highest BCUT2D eigenvalue weighted by molar-refractivity contribution is 5.85. The van der Waals surface area contributed by atoms with Crippen LogP contribution < -0.4 is 5.73 Å². The number of hydrogen-bond acceptors (Lipinski definition) is 4. The second kappa shape index (κ2) is 5.91. The van der Waals surface area contributed by atoms with Gasteiger partial charge >= 0.3 is 0 Å². The number of carbonyl (C=O) groups excluding carboxylic acids is 1. The molecule has 3 rings (SSSR count). The van der Waals surface area contributed by atoms with Gasteiger partial charge in [0.15, 0.2) is 0 Å². The normalized spacial score (nSPS) is 21.8. The van der Waals surface area contributed by atoms with Gasteiger partial charge < -0.3 is 15.7 Å². The van der Waals surface area contributed by atoms with Gasteiger partial charge in [0.2, 0.25) is 5.91 Å². The van der Waals surface area contributed by atoms with Crippen LogP contribution in [0.25, 0.3) is 10.9 Å². The number of carbonyl (C=O) groups is 1. The molecule has 1 aliphatic heterocycles. The molecular weight excluding hydrogens is 290 g/mol. The molecule has 3 N–H and O–H groups in total. The van der Waals surface area contributed by atoms with E-state index in [1.54, 1.807) is 24.9 Å². The number of aromatic nitrogens is 1. The van der Waals surface area contributed by atoms with Crippen LogP contribution in [0.5, 0.6) is 0 Å². The number of nitrogens with zero attached hydrogens (tertiary/aromatic N) is 2. The molecular formula is C18H23N3O2. The third kappa shape index (κ3) is 3.21. The van der Waals surface area contributed by atoms with Gasteiger partial charge in [-0.25, -0.2) is 0 Å². The fraction of sp³-hybridized carbons (Fsp3) is 0.444. The average Bonchev–Trinajstić information content (AvgIpc) is 2.87. The second-order valence-corrected chi connectivity index (χ2v) is 6.95. The van der Waals surface area contributed by atoms with E-state index in [4.69, 9.17) is 5.73 Å². The summed E-state index contributed by atoms with van der Waals surface area (Å²) in [4.78, 5) is 18.3. The summed E-state index contributed by atoms with van der Waals surface area (Å²) < 4.78 is 0. The number of rotatable bonds is 3. The number of nitrogens with two attached hydrogens (primary N) is 1. The van der Waals surface area contributed by atoms with Crippen LogP contribution in [0.3, 0.4) is 0 Å². The van der Waals surface area contributed by atoms with Gasteiger partial charge in [-0.3, -0.25) is 9.78 Å². The standard InChI is InChI=1S/C18H23N3O2/c1-18(2,19)17(23)21-10-13(16(22)11-21)9-12-7-8-20-15-6-4-3-5-14(12)15/h3-8,13,16,22H,9-11,19H2,1-2H3. The molecule has 0 aliphatic carbocycles. The first-order valence-electron chi connectivity index (χ1n) is 7.95. The quantitative estimate of drug-likeness (QED) is 0.896. The van der Waals surface area contributed by atoms with Crippen molar-refractivity contribution in [2.75, 3.05) is 13.1 Å². The van der Waals surface area contributed by atoms with Crippen molar-refractivity contribution in [1.29, 1.82) is 0 Å². The summed E-state index contributed by atoms with van der Waals surface area (Å²) in [5, 5.41) is 11.5. The monoisotopic (exact) mass is 313 g/mol. The Balaban J connectivity index is 1.79. The molecule has 1 aromatic carbocycles. The Morgan fingerprint density at radius 3 is 2.83 bits per heavy atom. The zero-order valence-electron chi connectivity index (χ0n) is 13.6. The summed E-state index contributed by atoms with van der Waals surface area (Å²) in [5.74, 6) is -0.0919. The lowest BCUT2D eigenvalue weighted by Crippen LogP contribution is -2.50. The van der Waals surface area contributed by atoms with E-state index in [9.17, 15) is 9.90 Å². The van der Waals surface area contributed by atoms with Crippen molar-refractivity contribution in [3.8, 4) is 0 Å². The van der Waals surface area contributed by atoms with E-state index in [1.807, 2.05) is 30.3 Å². The molecule has 1 aromatic heterocycles. The first-order valence-corrected chi connectivity index (χ1v) is 7.95. The molecule has 0 radical (unpaired) electrons. The number of β-amino-alcohol motifs (C(OH)–C–C–N with tert-alkyl or cyclic N) is 1. The fourth-order valence-corrected chi connectivity index (χ4v) is 3.24. The zero-order chi connectivity index (χ0) is 16.6. The summed E-state index contributed by atoms with van der Waals surface area (Å²) in [5.41, 5.74) is 7.10. The van der Waals surface area contributed by atoms with E-state index in [1.165, 1.54) is 0 Å². The van der Waals surface area contributed by atoms with Crippen molar-refractivity contribution in [2.45, 2.75) is 31.9 Å². The molecule has 5 heteroatoms. The number of aliphatic hydroxyl groups is 1. The molecule has 2 unspecified atom stereocenters. The lowest BCUT2D eigenvalue weighted by atomic mass is 9.94. The number of hydrogen-bond donors (Lipinski definition) is 2. The predicted octanol–water partition coefficient (Wildman–Crippen LogP) is 1.33. The van der Waals surface area contributed by atoms with Gasteiger partial charge in [0.1, 0.15) is 0 Å². The van der Waals surface area contributed by atoms with Crippen LogP contribution in [0.4, 0.5) is 0 Å². The van der Waals surface area contributed by atoms with Gasteiger partial charge in [-0.05, 0) is 38.0 Å². The van der Waals surface area contributed by atoms with E-state index in [2.05, 4.69) is 4.98 Å². The molecule has 2 aromatic rings. The third-order valence-corrected chi connectivity index (χ3v) is 4.47. The summed E-state index contributed by atoms with van der Waals surface area (Å²) in [6.45, 7) is 4.29. The van der Waals surface area contributed by atoms with Gasteiger partial charge in [-0.2, -0.15) is 0 Å². The number of para-hydroxylation sites is 1. The van der Waals surface area contributed by atoms with E-state index in [0.29, 0.717) is 13.1 Å². The Morgan fingerprint density at radius 1 is 1.35 bits per heavy atom. The van der Waals surface area contributed by atoms with Crippen LogP contribution in [0.2, 0.25) is 0 Å². The third-order valence-electron chi connectivity index (χ3n) is 4.47. The van der Waals surface area contributed by atoms with Crippen molar-refractivity contribution < 1.29 is 9.90 Å². The smallest absolute Gasteiger partial charge is 0.242 e. The highest BCUT2D eigenvalue weighted by Gasteiger charge is 2.38. The number of pyridine rings is 1. The maximum atomic E-state index is 12.3. The Labute approximate surface area is 136 Å². The summed E-state index contributed by atoms with van der Waals surface area (Å²) in [6.07, 6.45) is 2.00. The van der Waals surface area contributed by atoms with Crippen LogP contribution in [0.15, 0.2) is 36.5 Å². The molecule has 2 atom stereocenters. The van der Waals surface area contributed by atoms with Gasteiger partial charge in [-0.1, -0.05) is 18.2 Å². The van der Waals surface area contributed by atoms with Crippen molar-refractivity contribution >= 4 is 16.8 Å². The highest BCUT2D eigenvalue weighted by atomic mass is 16.3. The SMILES string of the molecule is CC(C)(N)C(=O)N1CC(O)C(Cc2ccnc3ccccc23)C1. The molecule has 122 valence electrons. The molecule has 2 heterocycles. The number of fused-ring (bicyclic) bond motifs is 1. The highest BCUT2D eigenvalue weighted by Crippen LogP contribution is 2.26. The second-order valence-electron chi connectivity index (χ2n) is 6.95. The van der Waals surface area contributed by atoms with Crippen molar-refractivity contribution in [3.63, 3.8) is 0 Å². The minimum atomic E-state index is -0.905. The number of likely N-dealkylation sites (tertiary alicyclic amines) is 1. The zero-order valence-corrected chi connectivity index (χ0v) is 13.6. The Bertz CT molecular complexity index is 718. The first-order chi connectivity index (χ1) is 10.9. The van der Waals surface area contributed by atoms with E-state index < -0.39 is 11.6 Å². The van der Waals surface area contributed by atoms with Gasteiger partial charge in [0.25, 0.3) is 0 Å². The maximum absolute atomic E-state index is 12.3. The number of amides is 1. The molecule has 1 fully saturated rings. The molecule has 0 bridgehead atoms. The molecule has 1 amide bonds. The van der Waals surface area contributed by atoms with Gasteiger partial charge in [0.05, 0.1) is 17.2 Å². The Kier molecular flexibility index (Phi) is 4.08. The largest absolute Gasteiger partial charge is 0.391 e. The number of benzene rings is 1. The average molecular weight is 313 g/mol. The number of aliphatic hydroxyl groups excluding tert-OH is 1. The minimum Gasteiger partial charge on any atom is -0.391 e. The summed E-state index contributed by atoms with van der Waals surface area (Å²) in [6, 6.07) is 9.98. The van der Waals surface area contributed by atoms with E-state index in [-0.39, 0.29) is 11.8 Å². The fourth-order valence-electron chi connectivity index (χ4n) is 3.24. The summed E-state index contributed by atoms with van der Waals surface area (Å²) in [7, 11) is 0.